The van der Waals surface area contributed by atoms with Crippen LogP contribution in [0.15, 0.2) is 29.4 Å². The van der Waals surface area contributed by atoms with Gasteiger partial charge in [0.15, 0.2) is 5.11 Å². The lowest BCUT2D eigenvalue weighted by atomic mass is 10.2. The van der Waals surface area contributed by atoms with Gasteiger partial charge < -0.3 is 15.2 Å². The molecule has 0 saturated carbocycles. The molecule has 0 spiro atoms. The zero-order valence-corrected chi connectivity index (χ0v) is 13.3. The summed E-state index contributed by atoms with van der Waals surface area (Å²) in [5, 5.41) is 16.9. The standard InChI is InChI=1S/C15H22N4O2S/c20-14-4-2-13(3-5-14)12-17-18-15(22)16-6-1-7-19-8-10-21-11-9-19/h2-5,12,20H,1,6-11H2,(H2,16,18,22). The molecule has 22 heavy (non-hydrogen) atoms. The number of nitrogens with zero attached hydrogens (tertiary/aromatic N) is 2. The molecule has 3 N–H and O–H groups in total. The van der Waals surface area contributed by atoms with Crippen LogP contribution in [0.5, 0.6) is 5.75 Å². The number of morpholine rings is 1. The topological polar surface area (TPSA) is 69.1 Å². The highest BCUT2D eigenvalue weighted by molar-refractivity contribution is 7.80. The maximum absolute atomic E-state index is 9.18. The summed E-state index contributed by atoms with van der Waals surface area (Å²) in [5.74, 6) is 0.238. The van der Waals surface area contributed by atoms with E-state index in [9.17, 15) is 5.11 Å². The summed E-state index contributed by atoms with van der Waals surface area (Å²) in [6, 6.07) is 6.78. The lowest BCUT2D eigenvalue weighted by molar-refractivity contribution is 0.0376. The number of phenols is 1. The number of ether oxygens (including phenoxy) is 1. The van der Waals surface area contributed by atoms with Crippen molar-refractivity contribution in [3.8, 4) is 5.75 Å². The van der Waals surface area contributed by atoms with Gasteiger partial charge in [0.2, 0.25) is 0 Å². The van der Waals surface area contributed by atoms with Crippen LogP contribution in [0.25, 0.3) is 0 Å². The molecule has 7 heteroatoms. The summed E-state index contributed by atoms with van der Waals surface area (Å²) in [7, 11) is 0. The van der Waals surface area contributed by atoms with Gasteiger partial charge in [-0.15, -0.1) is 0 Å². The van der Waals surface area contributed by atoms with Gasteiger partial charge in [0.05, 0.1) is 19.4 Å². The van der Waals surface area contributed by atoms with Gasteiger partial charge in [-0.3, -0.25) is 10.3 Å². The average molecular weight is 322 g/mol. The number of rotatable bonds is 6. The molecule has 1 fully saturated rings. The van der Waals surface area contributed by atoms with Crippen LogP contribution < -0.4 is 10.7 Å². The normalized spacial score (nSPS) is 15.8. The number of phenolic OH excluding ortho intramolecular Hbond substituents is 1. The molecule has 1 saturated heterocycles. The van der Waals surface area contributed by atoms with Crippen LogP contribution in [0.4, 0.5) is 0 Å². The summed E-state index contributed by atoms with van der Waals surface area (Å²) in [5.41, 5.74) is 3.67. The van der Waals surface area contributed by atoms with E-state index in [0.717, 1.165) is 51.4 Å². The van der Waals surface area contributed by atoms with Crippen molar-refractivity contribution in [1.82, 2.24) is 15.6 Å². The van der Waals surface area contributed by atoms with Crippen molar-refractivity contribution < 1.29 is 9.84 Å². The molecule has 0 atom stereocenters. The Bertz CT molecular complexity index is 487. The van der Waals surface area contributed by atoms with Crippen LogP contribution in [-0.2, 0) is 4.74 Å². The van der Waals surface area contributed by atoms with E-state index in [4.69, 9.17) is 17.0 Å². The van der Waals surface area contributed by atoms with E-state index < -0.39 is 0 Å². The SMILES string of the molecule is Oc1ccc(C=NNC(=S)NCCCN2CCOCC2)cc1. The Balaban J connectivity index is 1.56. The number of hydrazone groups is 1. The fourth-order valence-electron chi connectivity index (χ4n) is 2.09. The van der Waals surface area contributed by atoms with Crippen LogP contribution in [0.1, 0.15) is 12.0 Å². The van der Waals surface area contributed by atoms with Crippen molar-refractivity contribution in [1.29, 1.82) is 0 Å². The van der Waals surface area contributed by atoms with Crippen LogP contribution >= 0.6 is 12.2 Å². The Hall–Kier alpha value is -1.70. The molecule has 2 rings (SSSR count). The van der Waals surface area contributed by atoms with Gasteiger partial charge >= 0.3 is 0 Å². The zero-order valence-electron chi connectivity index (χ0n) is 12.5. The maximum atomic E-state index is 9.18. The van der Waals surface area contributed by atoms with E-state index in [-0.39, 0.29) is 5.75 Å². The summed E-state index contributed by atoms with van der Waals surface area (Å²) >= 11 is 5.15. The Labute approximate surface area is 136 Å². The number of thiocarbonyl (C=S) groups is 1. The fraction of sp³-hybridized carbons (Fsp3) is 0.467. The van der Waals surface area contributed by atoms with Gasteiger partial charge in [0.1, 0.15) is 5.75 Å². The van der Waals surface area contributed by atoms with Gasteiger partial charge in [-0.1, -0.05) is 0 Å². The highest BCUT2D eigenvalue weighted by Crippen LogP contribution is 2.07. The number of hydrogen-bond donors (Lipinski definition) is 3. The van der Waals surface area contributed by atoms with Gasteiger partial charge in [-0.05, 0) is 55.0 Å². The van der Waals surface area contributed by atoms with Crippen LogP contribution in [0.3, 0.4) is 0 Å². The Morgan fingerprint density at radius 2 is 2.05 bits per heavy atom. The largest absolute Gasteiger partial charge is 0.508 e. The van der Waals surface area contributed by atoms with Crippen molar-refractivity contribution in [2.45, 2.75) is 6.42 Å². The molecule has 0 aromatic heterocycles. The molecule has 0 radical (unpaired) electrons. The number of hydrogen-bond acceptors (Lipinski definition) is 5. The van der Waals surface area contributed by atoms with Gasteiger partial charge in [-0.2, -0.15) is 5.10 Å². The van der Waals surface area contributed by atoms with Crippen molar-refractivity contribution in [2.24, 2.45) is 5.10 Å². The minimum absolute atomic E-state index is 0.238. The maximum Gasteiger partial charge on any atom is 0.186 e. The third-order valence-corrected chi connectivity index (χ3v) is 3.55. The minimum atomic E-state index is 0.238. The third kappa shape index (κ3) is 6.38. The van der Waals surface area contributed by atoms with E-state index in [1.165, 1.54) is 0 Å². The van der Waals surface area contributed by atoms with Gasteiger partial charge in [0, 0.05) is 19.6 Å². The molecule has 1 aromatic rings. The Kier molecular flexibility index (Phi) is 7.08. The third-order valence-electron chi connectivity index (χ3n) is 3.31. The van der Waals surface area contributed by atoms with E-state index in [2.05, 4.69) is 20.7 Å². The molecule has 0 unspecified atom stereocenters. The predicted molar refractivity (Wildman–Crippen MR) is 91.3 cm³/mol. The molecule has 1 aliphatic heterocycles. The summed E-state index contributed by atoms with van der Waals surface area (Å²) in [4.78, 5) is 2.39. The average Bonchev–Trinajstić information content (AvgIpc) is 2.54. The zero-order chi connectivity index (χ0) is 15.6. The van der Waals surface area contributed by atoms with Crippen molar-refractivity contribution in [3.05, 3.63) is 29.8 Å². The van der Waals surface area contributed by atoms with E-state index in [1.54, 1.807) is 30.5 Å². The molecule has 6 nitrogen and oxygen atoms in total. The second-order valence-corrected chi connectivity index (χ2v) is 5.43. The van der Waals surface area contributed by atoms with E-state index in [0.29, 0.717) is 5.11 Å². The Morgan fingerprint density at radius 1 is 1.32 bits per heavy atom. The quantitative estimate of drug-likeness (QED) is 0.313. The molecule has 120 valence electrons. The predicted octanol–water partition coefficient (Wildman–Crippen LogP) is 0.912. The molecule has 1 aromatic carbocycles. The van der Waals surface area contributed by atoms with Crippen molar-refractivity contribution in [3.63, 3.8) is 0 Å². The van der Waals surface area contributed by atoms with E-state index in [1.807, 2.05) is 0 Å². The number of benzene rings is 1. The lowest BCUT2D eigenvalue weighted by Gasteiger charge is -2.26. The monoisotopic (exact) mass is 322 g/mol. The first-order valence-corrected chi connectivity index (χ1v) is 7.81. The highest BCUT2D eigenvalue weighted by Gasteiger charge is 2.08. The van der Waals surface area contributed by atoms with Crippen molar-refractivity contribution >= 4 is 23.5 Å². The smallest absolute Gasteiger partial charge is 0.186 e. The first kappa shape index (κ1) is 16.7. The van der Waals surface area contributed by atoms with Gasteiger partial charge in [0.25, 0.3) is 0 Å². The Morgan fingerprint density at radius 3 is 2.77 bits per heavy atom. The molecule has 0 aliphatic carbocycles. The molecule has 1 heterocycles. The first-order valence-electron chi connectivity index (χ1n) is 7.40. The number of aromatic hydroxyl groups is 1. The molecule has 0 bridgehead atoms. The van der Waals surface area contributed by atoms with Crippen LogP contribution in [-0.4, -0.2) is 60.7 Å². The molecular weight excluding hydrogens is 300 g/mol. The fourth-order valence-corrected chi connectivity index (χ4v) is 2.25. The summed E-state index contributed by atoms with van der Waals surface area (Å²) in [6.07, 6.45) is 2.69. The molecular formula is C15H22N4O2S. The first-order chi connectivity index (χ1) is 10.7. The number of nitrogens with one attached hydrogen (secondary N) is 2. The second kappa shape index (κ2) is 9.34. The molecule has 0 amide bonds. The summed E-state index contributed by atoms with van der Waals surface area (Å²) < 4.78 is 5.31. The van der Waals surface area contributed by atoms with Crippen LogP contribution in [0, 0.1) is 0 Å². The lowest BCUT2D eigenvalue weighted by Crippen LogP contribution is -2.39. The van der Waals surface area contributed by atoms with Gasteiger partial charge in [-0.25, -0.2) is 0 Å². The minimum Gasteiger partial charge on any atom is -0.508 e. The second-order valence-electron chi connectivity index (χ2n) is 5.03. The van der Waals surface area contributed by atoms with Crippen molar-refractivity contribution in [2.75, 3.05) is 39.4 Å². The van der Waals surface area contributed by atoms with Crippen LogP contribution in [0.2, 0.25) is 0 Å². The summed E-state index contributed by atoms with van der Waals surface area (Å²) in [6.45, 7) is 5.56. The molecule has 1 aliphatic rings. The van der Waals surface area contributed by atoms with E-state index >= 15 is 0 Å². The highest BCUT2D eigenvalue weighted by atomic mass is 32.1.